The molecule has 5 unspecified atom stereocenters. The minimum atomic E-state index is -0.838. The lowest BCUT2D eigenvalue weighted by Crippen LogP contribution is -2.40. The second kappa shape index (κ2) is 6.85. The van der Waals surface area contributed by atoms with Crippen LogP contribution in [0.2, 0.25) is 0 Å². The lowest BCUT2D eigenvalue weighted by atomic mass is 9.88. The van der Waals surface area contributed by atoms with Gasteiger partial charge in [-0.2, -0.15) is 0 Å². The zero-order valence-corrected chi connectivity index (χ0v) is 13.9. The molecule has 1 aliphatic rings. The Morgan fingerprint density at radius 1 is 1.39 bits per heavy atom. The number of aliphatic hydroxyl groups excluding tert-OH is 1. The third-order valence-electron chi connectivity index (χ3n) is 5.31. The largest absolute Gasteiger partial charge is 0.481 e. The van der Waals surface area contributed by atoms with Gasteiger partial charge in [0, 0.05) is 6.04 Å². The maximum absolute atomic E-state index is 11.7. The summed E-state index contributed by atoms with van der Waals surface area (Å²) in [5.74, 6) is -1.15. The predicted octanol–water partition coefficient (Wildman–Crippen LogP) is 2.47. The van der Waals surface area contributed by atoms with E-state index in [0.717, 1.165) is 5.56 Å². The van der Waals surface area contributed by atoms with Gasteiger partial charge in [0.1, 0.15) is 0 Å². The molecular formula is C19H27NO3. The number of carboxylic acids is 1. The van der Waals surface area contributed by atoms with E-state index in [2.05, 4.69) is 20.4 Å². The molecule has 1 fully saturated rings. The van der Waals surface area contributed by atoms with Gasteiger partial charge >= 0.3 is 5.97 Å². The van der Waals surface area contributed by atoms with E-state index in [9.17, 15) is 15.0 Å². The highest BCUT2D eigenvalue weighted by molar-refractivity contribution is 5.71. The summed E-state index contributed by atoms with van der Waals surface area (Å²) >= 11 is 0. The summed E-state index contributed by atoms with van der Waals surface area (Å²) in [6.07, 6.45) is 1.81. The maximum Gasteiger partial charge on any atom is 0.306 e. The van der Waals surface area contributed by atoms with Gasteiger partial charge in [-0.1, -0.05) is 50.3 Å². The van der Waals surface area contributed by atoms with Crippen LogP contribution in [0.25, 0.3) is 0 Å². The van der Waals surface area contributed by atoms with Crippen molar-refractivity contribution in [3.05, 3.63) is 48.6 Å². The molecular weight excluding hydrogens is 290 g/mol. The van der Waals surface area contributed by atoms with Crippen molar-refractivity contribution in [2.75, 3.05) is 0 Å². The summed E-state index contributed by atoms with van der Waals surface area (Å²) in [5.41, 5.74) is 7.04. The third kappa shape index (κ3) is 3.82. The molecule has 4 nitrogen and oxygen atoms in total. The Morgan fingerprint density at radius 3 is 2.48 bits per heavy atom. The Bertz CT molecular complexity index is 555. The van der Waals surface area contributed by atoms with Crippen LogP contribution in [0.1, 0.15) is 25.8 Å². The van der Waals surface area contributed by atoms with E-state index >= 15 is 0 Å². The molecule has 1 aliphatic carbocycles. The second-order valence-corrected chi connectivity index (χ2v) is 7.21. The fourth-order valence-electron chi connectivity index (χ4n) is 3.80. The normalized spacial score (nSPS) is 26.1. The molecule has 23 heavy (non-hydrogen) atoms. The standard InChI is InChI=1S/C19H27NO3/c1-4-14-17(19(14,2)3)13(18(22)23)11-15(20)16(21)10-12-8-6-5-7-9-12/h4-9,13-17,21H,1,10-11,20H2,2-3H3,(H,22,23). The first-order valence-corrected chi connectivity index (χ1v) is 8.12. The average molecular weight is 317 g/mol. The molecule has 0 amide bonds. The van der Waals surface area contributed by atoms with E-state index in [4.69, 9.17) is 5.73 Å². The first-order valence-electron chi connectivity index (χ1n) is 8.12. The Kier molecular flexibility index (Phi) is 5.27. The quantitative estimate of drug-likeness (QED) is 0.643. The van der Waals surface area contributed by atoms with Crippen LogP contribution in [0.4, 0.5) is 0 Å². The molecule has 0 aromatic heterocycles. The van der Waals surface area contributed by atoms with Gasteiger partial charge < -0.3 is 15.9 Å². The minimum Gasteiger partial charge on any atom is -0.481 e. The molecule has 126 valence electrons. The first kappa shape index (κ1) is 17.7. The molecule has 0 bridgehead atoms. The Labute approximate surface area is 138 Å². The summed E-state index contributed by atoms with van der Waals surface area (Å²) in [6.45, 7) is 7.93. The minimum absolute atomic E-state index is 0.0347. The Morgan fingerprint density at radius 2 is 2.00 bits per heavy atom. The molecule has 5 atom stereocenters. The van der Waals surface area contributed by atoms with E-state index in [1.165, 1.54) is 0 Å². The molecule has 0 aliphatic heterocycles. The topological polar surface area (TPSA) is 83.5 Å². The summed E-state index contributed by atoms with van der Waals surface area (Å²) in [5, 5.41) is 19.9. The van der Waals surface area contributed by atoms with Crippen LogP contribution in [0.15, 0.2) is 43.0 Å². The van der Waals surface area contributed by atoms with Crippen LogP contribution < -0.4 is 5.73 Å². The molecule has 1 saturated carbocycles. The number of allylic oxidation sites excluding steroid dienone is 1. The highest BCUT2D eigenvalue weighted by Crippen LogP contribution is 2.63. The SMILES string of the molecule is C=CC1C(C(CC(N)C(O)Cc2ccccc2)C(=O)O)C1(C)C. The van der Waals surface area contributed by atoms with Crippen LogP contribution in [0.3, 0.4) is 0 Å². The highest BCUT2D eigenvalue weighted by atomic mass is 16.4. The van der Waals surface area contributed by atoms with Gasteiger partial charge in [-0.3, -0.25) is 4.79 Å². The number of nitrogens with two attached hydrogens (primary N) is 1. The van der Waals surface area contributed by atoms with Gasteiger partial charge in [0.15, 0.2) is 0 Å². The van der Waals surface area contributed by atoms with Gasteiger partial charge in [0.25, 0.3) is 0 Å². The Hall–Kier alpha value is -1.65. The number of hydrogen-bond acceptors (Lipinski definition) is 3. The van der Waals surface area contributed by atoms with Gasteiger partial charge in [0.05, 0.1) is 12.0 Å². The number of carboxylic acid groups (broad SMARTS) is 1. The van der Waals surface area contributed by atoms with Crippen molar-refractivity contribution in [3.63, 3.8) is 0 Å². The molecule has 1 aromatic rings. The zero-order valence-electron chi connectivity index (χ0n) is 13.9. The molecule has 0 spiro atoms. The lowest BCUT2D eigenvalue weighted by molar-refractivity contribution is -0.143. The fraction of sp³-hybridized carbons (Fsp3) is 0.526. The average Bonchev–Trinajstić information content (AvgIpc) is 3.05. The number of aliphatic hydroxyl groups is 1. The van der Waals surface area contributed by atoms with Gasteiger partial charge in [-0.25, -0.2) is 0 Å². The van der Waals surface area contributed by atoms with Crippen molar-refractivity contribution >= 4 is 5.97 Å². The first-order chi connectivity index (χ1) is 10.8. The van der Waals surface area contributed by atoms with Crippen LogP contribution >= 0.6 is 0 Å². The van der Waals surface area contributed by atoms with E-state index in [1.54, 1.807) is 0 Å². The summed E-state index contributed by atoms with van der Waals surface area (Å²) in [6, 6.07) is 9.05. The van der Waals surface area contributed by atoms with Crippen molar-refractivity contribution in [3.8, 4) is 0 Å². The van der Waals surface area contributed by atoms with E-state index in [0.29, 0.717) is 6.42 Å². The van der Waals surface area contributed by atoms with Gasteiger partial charge in [0.2, 0.25) is 0 Å². The molecule has 1 aromatic carbocycles. The van der Waals surface area contributed by atoms with Crippen molar-refractivity contribution < 1.29 is 15.0 Å². The van der Waals surface area contributed by atoms with Crippen molar-refractivity contribution in [1.29, 1.82) is 0 Å². The molecule has 4 N–H and O–H groups in total. The Balaban J connectivity index is 2.00. The van der Waals surface area contributed by atoms with Crippen LogP contribution in [0, 0.1) is 23.2 Å². The number of benzene rings is 1. The van der Waals surface area contributed by atoms with Crippen molar-refractivity contribution in [1.82, 2.24) is 0 Å². The zero-order chi connectivity index (χ0) is 17.2. The number of hydrogen-bond donors (Lipinski definition) is 3. The summed E-state index contributed by atoms with van der Waals surface area (Å²) in [4.78, 5) is 11.7. The van der Waals surface area contributed by atoms with E-state index in [-0.39, 0.29) is 23.7 Å². The third-order valence-corrected chi connectivity index (χ3v) is 5.31. The second-order valence-electron chi connectivity index (χ2n) is 7.21. The van der Waals surface area contributed by atoms with Crippen LogP contribution in [-0.2, 0) is 11.2 Å². The van der Waals surface area contributed by atoms with Crippen LogP contribution in [0.5, 0.6) is 0 Å². The number of aliphatic carboxylic acids is 1. The molecule has 0 heterocycles. The van der Waals surface area contributed by atoms with Gasteiger partial charge in [-0.15, -0.1) is 6.58 Å². The summed E-state index contributed by atoms with van der Waals surface area (Å²) in [7, 11) is 0. The smallest absolute Gasteiger partial charge is 0.306 e. The van der Waals surface area contributed by atoms with Crippen molar-refractivity contribution in [2.45, 2.75) is 38.8 Å². The van der Waals surface area contributed by atoms with Crippen molar-refractivity contribution in [2.24, 2.45) is 28.9 Å². The monoisotopic (exact) mass is 317 g/mol. The highest BCUT2D eigenvalue weighted by Gasteiger charge is 2.60. The molecule has 4 heteroatoms. The molecule has 2 rings (SSSR count). The molecule has 0 radical (unpaired) electrons. The number of carbonyl (C=O) groups is 1. The van der Waals surface area contributed by atoms with Crippen LogP contribution in [-0.4, -0.2) is 28.3 Å². The summed E-state index contributed by atoms with van der Waals surface area (Å²) < 4.78 is 0. The van der Waals surface area contributed by atoms with E-state index < -0.39 is 24.0 Å². The number of rotatable bonds is 8. The predicted molar refractivity (Wildman–Crippen MR) is 90.8 cm³/mol. The van der Waals surface area contributed by atoms with Gasteiger partial charge in [-0.05, 0) is 35.7 Å². The fourth-order valence-corrected chi connectivity index (χ4v) is 3.80. The maximum atomic E-state index is 11.7. The molecule has 0 saturated heterocycles. The van der Waals surface area contributed by atoms with E-state index in [1.807, 2.05) is 36.4 Å². The lowest BCUT2D eigenvalue weighted by Gasteiger charge is -2.23.